The van der Waals surface area contributed by atoms with Crippen molar-refractivity contribution in [2.24, 2.45) is 0 Å². The molecule has 0 N–H and O–H groups in total. The smallest absolute Gasteiger partial charge is 0.202 e. The Morgan fingerprint density at radius 2 is 1.60 bits per heavy atom. The maximum atomic E-state index is 12.3. The number of benzene rings is 2. The highest BCUT2D eigenvalue weighted by molar-refractivity contribution is 9.10. The van der Waals surface area contributed by atoms with Gasteiger partial charge < -0.3 is 0 Å². The molecular formula is C16H15BrO2S. The van der Waals surface area contributed by atoms with Crippen molar-refractivity contribution in [3.8, 4) is 0 Å². The fourth-order valence-electron chi connectivity index (χ4n) is 1.88. The van der Waals surface area contributed by atoms with Crippen LogP contribution >= 0.6 is 15.9 Å². The van der Waals surface area contributed by atoms with Crippen LogP contribution < -0.4 is 0 Å². The van der Waals surface area contributed by atoms with Gasteiger partial charge in [-0.2, -0.15) is 0 Å². The average Bonchev–Trinajstić information content (AvgIpc) is 2.47. The lowest BCUT2D eigenvalue weighted by Gasteiger charge is -2.08. The first-order valence-electron chi connectivity index (χ1n) is 6.23. The summed E-state index contributed by atoms with van der Waals surface area (Å²) in [7, 11) is -3.43. The van der Waals surface area contributed by atoms with E-state index >= 15 is 0 Å². The first-order chi connectivity index (χ1) is 9.51. The van der Waals surface area contributed by atoms with Crippen molar-refractivity contribution in [3.05, 3.63) is 76.1 Å². The first-order valence-corrected chi connectivity index (χ1v) is 8.51. The summed E-state index contributed by atoms with van der Waals surface area (Å²) in [6.45, 7) is 3.74. The van der Waals surface area contributed by atoms with Gasteiger partial charge in [-0.1, -0.05) is 58.9 Å². The summed E-state index contributed by atoms with van der Waals surface area (Å²) < 4.78 is 25.6. The second kappa shape index (κ2) is 6.37. The molecule has 0 bridgehead atoms. The zero-order valence-electron chi connectivity index (χ0n) is 10.9. The van der Waals surface area contributed by atoms with Gasteiger partial charge in [0.15, 0.2) is 0 Å². The molecule has 0 aliphatic rings. The number of rotatable bonds is 5. The summed E-state index contributed by atoms with van der Waals surface area (Å²) >= 11 is 3.46. The molecule has 0 aliphatic carbocycles. The van der Waals surface area contributed by atoms with Crippen LogP contribution in [-0.2, 0) is 16.3 Å². The largest absolute Gasteiger partial charge is 0.219 e. The Balaban J connectivity index is 2.11. The van der Waals surface area contributed by atoms with Gasteiger partial charge in [-0.3, -0.25) is 0 Å². The van der Waals surface area contributed by atoms with E-state index in [1.807, 2.05) is 24.3 Å². The van der Waals surface area contributed by atoms with Crippen molar-refractivity contribution in [1.82, 2.24) is 0 Å². The van der Waals surface area contributed by atoms with Crippen LogP contribution in [0.25, 0.3) is 0 Å². The summed E-state index contributed by atoms with van der Waals surface area (Å²) in [6, 6.07) is 16.2. The first kappa shape index (κ1) is 15.0. The Bertz CT molecular complexity index is 706. The van der Waals surface area contributed by atoms with Crippen molar-refractivity contribution in [1.29, 1.82) is 0 Å². The summed E-state index contributed by atoms with van der Waals surface area (Å²) in [5.41, 5.74) is 1.08. The van der Waals surface area contributed by atoms with Gasteiger partial charge in [-0.15, -0.1) is 0 Å². The van der Waals surface area contributed by atoms with Gasteiger partial charge in [-0.05, 0) is 36.6 Å². The normalized spacial score (nSPS) is 11.2. The lowest BCUT2D eigenvalue weighted by Crippen LogP contribution is -2.05. The Kier molecular flexibility index (Phi) is 4.78. The molecule has 0 fully saturated rings. The molecule has 0 saturated carbocycles. The predicted molar refractivity (Wildman–Crippen MR) is 85.2 cm³/mol. The molecule has 0 amide bonds. The van der Waals surface area contributed by atoms with Gasteiger partial charge in [-0.25, -0.2) is 8.42 Å². The van der Waals surface area contributed by atoms with Gasteiger partial charge in [0, 0.05) is 9.38 Å². The van der Waals surface area contributed by atoms with Gasteiger partial charge in [0.2, 0.25) is 9.84 Å². The van der Waals surface area contributed by atoms with Crippen LogP contribution in [0, 0.1) is 0 Å². The molecule has 0 heterocycles. The molecule has 2 aromatic rings. The highest BCUT2D eigenvalue weighted by atomic mass is 79.9. The molecule has 20 heavy (non-hydrogen) atoms. The lowest BCUT2D eigenvalue weighted by molar-refractivity contribution is 0.600. The van der Waals surface area contributed by atoms with Crippen molar-refractivity contribution in [2.75, 3.05) is 0 Å². The molecule has 0 aromatic heterocycles. The molecule has 0 aliphatic heterocycles. The predicted octanol–water partition coefficient (Wildman–Crippen LogP) is 4.37. The van der Waals surface area contributed by atoms with E-state index < -0.39 is 9.84 Å². The molecule has 2 rings (SSSR count). The zero-order chi connectivity index (χ0) is 14.6. The number of halogens is 1. The third-order valence-electron chi connectivity index (χ3n) is 3.06. The number of sulfone groups is 1. The van der Waals surface area contributed by atoms with E-state index in [1.54, 1.807) is 30.3 Å². The number of aryl methyl sites for hydroxylation is 1. The monoisotopic (exact) mass is 350 g/mol. The van der Waals surface area contributed by atoms with E-state index in [2.05, 4.69) is 22.5 Å². The van der Waals surface area contributed by atoms with Crippen LogP contribution in [0.2, 0.25) is 0 Å². The van der Waals surface area contributed by atoms with Crippen molar-refractivity contribution in [3.63, 3.8) is 0 Å². The average molecular weight is 351 g/mol. The SMILES string of the molecule is C=C(CCc1ccccc1Br)S(=O)(=O)c1ccccc1. The van der Waals surface area contributed by atoms with Gasteiger partial charge in [0.05, 0.1) is 4.90 Å². The molecule has 0 atom stereocenters. The van der Waals surface area contributed by atoms with Crippen molar-refractivity contribution >= 4 is 25.8 Å². The minimum Gasteiger partial charge on any atom is -0.219 e. The standard InChI is InChI=1S/C16H15BrO2S/c1-13(11-12-14-7-5-6-10-16(14)17)20(18,19)15-8-3-2-4-9-15/h2-10H,1,11-12H2. The minimum absolute atomic E-state index is 0.249. The van der Waals surface area contributed by atoms with E-state index in [4.69, 9.17) is 0 Å². The van der Waals surface area contributed by atoms with E-state index in [1.165, 1.54) is 0 Å². The van der Waals surface area contributed by atoms with E-state index in [0.717, 1.165) is 10.0 Å². The summed E-state index contributed by atoms with van der Waals surface area (Å²) in [5.74, 6) is 0. The number of allylic oxidation sites excluding steroid dienone is 1. The molecule has 0 spiro atoms. The molecule has 2 aromatic carbocycles. The maximum absolute atomic E-state index is 12.3. The molecule has 0 unspecified atom stereocenters. The number of hydrogen-bond acceptors (Lipinski definition) is 2. The van der Waals surface area contributed by atoms with Crippen LogP contribution in [-0.4, -0.2) is 8.42 Å². The highest BCUT2D eigenvalue weighted by Gasteiger charge is 2.18. The molecule has 0 radical (unpaired) electrons. The van der Waals surface area contributed by atoms with E-state index in [9.17, 15) is 8.42 Å². The molecule has 2 nitrogen and oxygen atoms in total. The summed E-state index contributed by atoms with van der Waals surface area (Å²) in [6.07, 6.45) is 1.06. The quantitative estimate of drug-likeness (QED) is 0.802. The maximum Gasteiger partial charge on any atom is 0.202 e. The van der Waals surface area contributed by atoms with Crippen LogP contribution in [0.4, 0.5) is 0 Å². The van der Waals surface area contributed by atoms with Crippen LogP contribution in [0.15, 0.2) is 75.4 Å². The fraction of sp³-hybridized carbons (Fsp3) is 0.125. The number of hydrogen-bond donors (Lipinski definition) is 0. The zero-order valence-corrected chi connectivity index (χ0v) is 13.3. The van der Waals surface area contributed by atoms with Crippen LogP contribution in [0.3, 0.4) is 0 Å². The highest BCUT2D eigenvalue weighted by Crippen LogP contribution is 2.24. The third kappa shape index (κ3) is 3.38. The van der Waals surface area contributed by atoms with E-state index in [-0.39, 0.29) is 4.91 Å². The molecule has 4 heteroatoms. The lowest BCUT2D eigenvalue weighted by atomic mass is 10.1. The second-order valence-corrected chi connectivity index (χ2v) is 7.36. The Hall–Kier alpha value is -1.39. The Morgan fingerprint density at radius 3 is 2.25 bits per heavy atom. The van der Waals surface area contributed by atoms with Crippen LogP contribution in [0.5, 0.6) is 0 Å². The Labute approximate surface area is 128 Å². The van der Waals surface area contributed by atoms with E-state index in [0.29, 0.717) is 17.7 Å². The van der Waals surface area contributed by atoms with Gasteiger partial charge >= 0.3 is 0 Å². The van der Waals surface area contributed by atoms with Crippen LogP contribution in [0.1, 0.15) is 12.0 Å². The molecule has 0 saturated heterocycles. The summed E-state index contributed by atoms with van der Waals surface area (Å²) in [5, 5.41) is 0. The Morgan fingerprint density at radius 1 is 1.00 bits per heavy atom. The second-order valence-electron chi connectivity index (χ2n) is 4.45. The van der Waals surface area contributed by atoms with Crippen molar-refractivity contribution in [2.45, 2.75) is 17.7 Å². The fourth-order valence-corrected chi connectivity index (χ4v) is 3.58. The van der Waals surface area contributed by atoms with Gasteiger partial charge in [0.1, 0.15) is 0 Å². The molecule has 104 valence electrons. The minimum atomic E-state index is -3.43. The topological polar surface area (TPSA) is 34.1 Å². The third-order valence-corrected chi connectivity index (χ3v) is 5.70. The molecular weight excluding hydrogens is 336 g/mol. The van der Waals surface area contributed by atoms with Crippen molar-refractivity contribution < 1.29 is 8.42 Å². The van der Waals surface area contributed by atoms with Gasteiger partial charge in [0.25, 0.3) is 0 Å². The summed E-state index contributed by atoms with van der Waals surface area (Å²) in [4.78, 5) is 0.552.